The van der Waals surface area contributed by atoms with Crippen LogP contribution in [0.5, 0.6) is 0 Å². The van der Waals surface area contributed by atoms with Gasteiger partial charge in [-0.1, -0.05) is 42.5 Å². The Bertz CT molecular complexity index is 1300. The van der Waals surface area contributed by atoms with Crippen LogP contribution in [0.2, 0.25) is 0 Å². The molecule has 1 heterocycles. The third kappa shape index (κ3) is 4.83. The summed E-state index contributed by atoms with van der Waals surface area (Å²) in [6.45, 7) is -0.543. The number of amides is 1. The molecule has 0 bridgehead atoms. The molecule has 0 radical (unpaired) electrons. The maximum atomic E-state index is 13.2. The van der Waals surface area contributed by atoms with Crippen molar-refractivity contribution >= 4 is 39.2 Å². The SMILES string of the molecule is O=C(OCC(=O)N1c2ccccc2SC[C@H]1c1ccccc1)c1ccc(S(=O)(=O)C(F)F)cc1. The van der Waals surface area contributed by atoms with Gasteiger partial charge >= 0.3 is 11.7 Å². The van der Waals surface area contributed by atoms with Crippen molar-refractivity contribution in [2.45, 2.75) is 21.6 Å². The highest BCUT2D eigenvalue weighted by Gasteiger charge is 2.33. The molecule has 3 aromatic carbocycles. The zero-order chi connectivity index (χ0) is 24.3. The van der Waals surface area contributed by atoms with E-state index in [1.165, 1.54) is 0 Å². The fraction of sp³-hybridized carbons (Fsp3) is 0.167. The first kappa shape index (κ1) is 23.9. The number of nitrogens with zero attached hydrogens (tertiary/aromatic N) is 1. The molecule has 34 heavy (non-hydrogen) atoms. The number of esters is 1. The van der Waals surface area contributed by atoms with Gasteiger partial charge in [0.2, 0.25) is 9.84 Å². The highest BCUT2D eigenvalue weighted by molar-refractivity contribution is 7.99. The lowest BCUT2D eigenvalue weighted by Gasteiger charge is -2.37. The van der Waals surface area contributed by atoms with E-state index < -0.39 is 39.0 Å². The van der Waals surface area contributed by atoms with E-state index in [1.807, 2.05) is 54.6 Å². The number of para-hydroxylation sites is 1. The number of thioether (sulfide) groups is 1. The van der Waals surface area contributed by atoms with Gasteiger partial charge in [-0.2, -0.15) is 8.78 Å². The van der Waals surface area contributed by atoms with Crippen molar-refractivity contribution < 1.29 is 31.5 Å². The standard InChI is InChI=1S/C24H19F2NO5S2/c25-24(26)34(30,31)18-12-10-17(11-13-18)23(29)32-14-22(28)27-19-8-4-5-9-21(19)33-15-20(27)16-6-2-1-3-7-16/h1-13,20,24H,14-15H2/t20-/m0/s1. The summed E-state index contributed by atoms with van der Waals surface area (Å²) in [4.78, 5) is 27.6. The van der Waals surface area contributed by atoms with Gasteiger partial charge in [0, 0.05) is 10.6 Å². The average molecular weight is 504 g/mol. The lowest BCUT2D eigenvalue weighted by atomic mass is 10.1. The summed E-state index contributed by atoms with van der Waals surface area (Å²) in [5.74, 6) is -4.23. The van der Waals surface area contributed by atoms with Gasteiger partial charge in [0.25, 0.3) is 5.91 Å². The molecule has 0 unspecified atom stereocenters. The van der Waals surface area contributed by atoms with Crippen molar-refractivity contribution in [3.63, 3.8) is 0 Å². The number of halogens is 2. The fourth-order valence-electron chi connectivity index (χ4n) is 3.58. The molecule has 0 saturated heterocycles. The van der Waals surface area contributed by atoms with E-state index in [4.69, 9.17) is 4.74 Å². The lowest BCUT2D eigenvalue weighted by Crippen LogP contribution is -2.41. The Morgan fingerprint density at radius 1 is 0.971 bits per heavy atom. The molecular formula is C24H19F2NO5S2. The number of hydrogen-bond donors (Lipinski definition) is 0. The zero-order valence-electron chi connectivity index (χ0n) is 17.6. The summed E-state index contributed by atoms with van der Waals surface area (Å²) in [6.07, 6.45) is 0. The summed E-state index contributed by atoms with van der Waals surface area (Å²) < 4.78 is 53.6. The molecule has 0 fully saturated rings. The summed E-state index contributed by atoms with van der Waals surface area (Å²) >= 11 is 1.64. The first-order valence-electron chi connectivity index (χ1n) is 10.2. The molecule has 4 rings (SSSR count). The van der Waals surface area contributed by atoms with Gasteiger partial charge in [0.1, 0.15) is 0 Å². The molecule has 6 nitrogen and oxygen atoms in total. The number of carbonyl (C=O) groups excluding carboxylic acids is 2. The fourth-order valence-corrected chi connectivity index (χ4v) is 5.47. The van der Waals surface area contributed by atoms with Gasteiger partial charge in [0.15, 0.2) is 6.61 Å². The van der Waals surface area contributed by atoms with Crippen LogP contribution in [0, 0.1) is 0 Å². The molecule has 1 aliphatic rings. The molecule has 0 aliphatic carbocycles. The minimum atomic E-state index is -4.77. The summed E-state index contributed by atoms with van der Waals surface area (Å²) in [5, 5.41) is 0. The van der Waals surface area contributed by atoms with Crippen LogP contribution in [0.3, 0.4) is 0 Å². The normalized spacial score (nSPS) is 15.6. The topological polar surface area (TPSA) is 80.8 Å². The number of benzene rings is 3. The Hall–Kier alpha value is -3.24. The monoisotopic (exact) mass is 503 g/mol. The Morgan fingerprint density at radius 2 is 1.62 bits per heavy atom. The summed E-state index contributed by atoms with van der Waals surface area (Å²) in [6, 6.07) is 20.7. The molecule has 1 amide bonds. The quantitative estimate of drug-likeness (QED) is 0.453. The van der Waals surface area contributed by atoms with E-state index in [1.54, 1.807) is 16.7 Å². The minimum Gasteiger partial charge on any atom is -0.452 e. The molecule has 0 saturated carbocycles. The molecule has 10 heteroatoms. The second-order valence-electron chi connectivity index (χ2n) is 7.38. The number of anilines is 1. The van der Waals surface area contributed by atoms with Crippen molar-refractivity contribution in [2.75, 3.05) is 17.3 Å². The van der Waals surface area contributed by atoms with Crippen LogP contribution in [0.4, 0.5) is 14.5 Å². The van der Waals surface area contributed by atoms with Crippen LogP contribution in [-0.2, 0) is 19.4 Å². The van der Waals surface area contributed by atoms with Crippen LogP contribution in [0.15, 0.2) is 88.7 Å². The van der Waals surface area contributed by atoms with Crippen LogP contribution < -0.4 is 4.90 Å². The van der Waals surface area contributed by atoms with Gasteiger partial charge in [-0.3, -0.25) is 9.69 Å². The number of hydrogen-bond acceptors (Lipinski definition) is 6. The average Bonchev–Trinajstić information content (AvgIpc) is 2.86. The van der Waals surface area contributed by atoms with Crippen LogP contribution in [0.1, 0.15) is 22.0 Å². The smallest absolute Gasteiger partial charge is 0.341 e. The molecule has 0 N–H and O–H groups in total. The molecule has 1 aliphatic heterocycles. The van der Waals surface area contributed by atoms with E-state index in [2.05, 4.69) is 0 Å². The highest BCUT2D eigenvalue weighted by atomic mass is 32.2. The molecular weight excluding hydrogens is 484 g/mol. The molecule has 1 atom stereocenters. The second-order valence-corrected chi connectivity index (χ2v) is 10.4. The number of rotatable bonds is 6. The van der Waals surface area contributed by atoms with Gasteiger partial charge in [-0.05, 0) is 42.0 Å². The maximum Gasteiger partial charge on any atom is 0.341 e. The summed E-state index contributed by atoms with van der Waals surface area (Å²) in [5.41, 5.74) is 1.60. The largest absolute Gasteiger partial charge is 0.452 e. The number of fused-ring (bicyclic) bond motifs is 1. The van der Waals surface area contributed by atoms with E-state index >= 15 is 0 Å². The molecule has 0 spiro atoms. The maximum absolute atomic E-state index is 13.2. The predicted octanol–water partition coefficient (Wildman–Crippen LogP) is 4.72. The minimum absolute atomic E-state index is 0.0600. The summed E-state index contributed by atoms with van der Waals surface area (Å²) in [7, 11) is -4.77. The number of alkyl halides is 2. The number of carbonyl (C=O) groups is 2. The van der Waals surface area contributed by atoms with E-state index in [0.29, 0.717) is 5.75 Å². The zero-order valence-corrected chi connectivity index (χ0v) is 19.3. The van der Waals surface area contributed by atoms with Crippen molar-refractivity contribution in [3.05, 3.63) is 90.0 Å². The molecule has 0 aromatic heterocycles. The van der Waals surface area contributed by atoms with Crippen molar-refractivity contribution in [3.8, 4) is 0 Å². The van der Waals surface area contributed by atoms with Gasteiger partial charge in [-0.15, -0.1) is 11.8 Å². The highest BCUT2D eigenvalue weighted by Crippen LogP contribution is 2.43. The van der Waals surface area contributed by atoms with E-state index in [0.717, 1.165) is 40.4 Å². The van der Waals surface area contributed by atoms with Gasteiger partial charge in [0.05, 0.1) is 22.2 Å². The van der Waals surface area contributed by atoms with E-state index in [9.17, 15) is 26.8 Å². The Balaban J connectivity index is 1.51. The molecule has 176 valence electrons. The van der Waals surface area contributed by atoms with Crippen LogP contribution >= 0.6 is 11.8 Å². The Morgan fingerprint density at radius 3 is 2.29 bits per heavy atom. The molecule has 3 aromatic rings. The third-order valence-corrected chi connectivity index (χ3v) is 7.80. The predicted molar refractivity (Wildman–Crippen MR) is 124 cm³/mol. The van der Waals surface area contributed by atoms with Crippen molar-refractivity contribution in [1.29, 1.82) is 0 Å². The van der Waals surface area contributed by atoms with Gasteiger partial charge < -0.3 is 4.74 Å². The van der Waals surface area contributed by atoms with E-state index in [-0.39, 0.29) is 11.6 Å². The second kappa shape index (κ2) is 9.94. The van der Waals surface area contributed by atoms with Crippen molar-refractivity contribution in [1.82, 2.24) is 0 Å². The first-order chi connectivity index (χ1) is 16.3. The van der Waals surface area contributed by atoms with Crippen LogP contribution in [-0.4, -0.2) is 38.4 Å². The third-order valence-electron chi connectivity index (χ3n) is 5.27. The number of ether oxygens (including phenoxy) is 1. The van der Waals surface area contributed by atoms with Crippen molar-refractivity contribution in [2.24, 2.45) is 0 Å². The number of sulfone groups is 1. The lowest BCUT2D eigenvalue weighted by molar-refractivity contribution is -0.122. The van der Waals surface area contributed by atoms with Crippen LogP contribution in [0.25, 0.3) is 0 Å². The Labute approximate surface area is 199 Å². The first-order valence-corrected chi connectivity index (χ1v) is 12.7. The Kier molecular flexibility index (Phi) is 6.99. The van der Waals surface area contributed by atoms with Gasteiger partial charge in [-0.25, -0.2) is 13.2 Å².